The second-order valence-electron chi connectivity index (χ2n) is 3.96. The minimum atomic E-state index is 0.566. The van der Waals surface area contributed by atoms with Gasteiger partial charge in [0.05, 0.1) is 10.2 Å². The van der Waals surface area contributed by atoms with Crippen LogP contribution in [0.4, 0.5) is 5.13 Å². The lowest BCUT2D eigenvalue weighted by Gasteiger charge is -2.04. The summed E-state index contributed by atoms with van der Waals surface area (Å²) in [6.45, 7) is 2.00. The molecule has 1 aromatic carbocycles. The highest BCUT2D eigenvalue weighted by molar-refractivity contribution is 7.22. The molecule has 90 valence electrons. The van der Waals surface area contributed by atoms with Crippen molar-refractivity contribution in [2.24, 2.45) is 0 Å². The Morgan fingerprint density at radius 2 is 2.11 bits per heavy atom. The Morgan fingerprint density at radius 3 is 2.94 bits per heavy atom. The first-order chi connectivity index (χ1) is 8.70. The highest BCUT2D eigenvalue weighted by Gasteiger charge is 2.04. The summed E-state index contributed by atoms with van der Waals surface area (Å²) < 4.78 is 6.72. The first kappa shape index (κ1) is 11.0. The number of benzene rings is 1. The van der Waals surface area contributed by atoms with E-state index >= 15 is 0 Å². The standard InChI is InChI=1S/C13H11N3OS/c1-8-4-5-15-12(6-8)17-9-2-3-10-11(7-9)18-13(14)16-10/h2-7H,1H3,(H2,14,16). The summed E-state index contributed by atoms with van der Waals surface area (Å²) in [4.78, 5) is 8.36. The molecule has 3 aromatic rings. The number of thiazole rings is 1. The lowest BCUT2D eigenvalue weighted by atomic mass is 10.3. The van der Waals surface area contributed by atoms with Gasteiger partial charge >= 0.3 is 0 Å². The number of ether oxygens (including phenoxy) is 1. The second-order valence-corrected chi connectivity index (χ2v) is 5.02. The monoisotopic (exact) mass is 257 g/mol. The Bertz CT molecular complexity index is 708. The van der Waals surface area contributed by atoms with Crippen LogP contribution in [0.5, 0.6) is 11.6 Å². The van der Waals surface area contributed by atoms with Crippen molar-refractivity contribution in [3.05, 3.63) is 42.1 Å². The minimum Gasteiger partial charge on any atom is -0.439 e. The van der Waals surface area contributed by atoms with E-state index in [0.29, 0.717) is 11.0 Å². The number of nitrogens with two attached hydrogens (primary N) is 1. The molecule has 0 spiro atoms. The summed E-state index contributed by atoms with van der Waals surface area (Å²) in [6.07, 6.45) is 1.73. The van der Waals surface area contributed by atoms with Gasteiger partial charge < -0.3 is 10.5 Å². The Hall–Kier alpha value is -2.14. The van der Waals surface area contributed by atoms with Gasteiger partial charge in [-0.1, -0.05) is 11.3 Å². The van der Waals surface area contributed by atoms with Crippen molar-refractivity contribution in [3.63, 3.8) is 0 Å². The van der Waals surface area contributed by atoms with Crippen molar-refractivity contribution in [2.75, 3.05) is 5.73 Å². The van der Waals surface area contributed by atoms with Crippen molar-refractivity contribution in [3.8, 4) is 11.6 Å². The van der Waals surface area contributed by atoms with E-state index in [1.165, 1.54) is 11.3 Å². The summed E-state index contributed by atoms with van der Waals surface area (Å²) in [7, 11) is 0. The lowest BCUT2D eigenvalue weighted by molar-refractivity contribution is 0.463. The van der Waals surface area contributed by atoms with E-state index in [4.69, 9.17) is 10.5 Å². The molecule has 0 unspecified atom stereocenters. The molecule has 0 aliphatic carbocycles. The van der Waals surface area contributed by atoms with Crippen LogP contribution in [0.1, 0.15) is 5.56 Å². The van der Waals surface area contributed by atoms with Gasteiger partial charge in [-0.05, 0) is 30.7 Å². The zero-order valence-electron chi connectivity index (χ0n) is 9.75. The maximum Gasteiger partial charge on any atom is 0.219 e. The molecular formula is C13H11N3OS. The first-order valence-corrected chi connectivity index (χ1v) is 6.29. The number of aryl methyl sites for hydroxylation is 1. The van der Waals surface area contributed by atoms with Crippen LogP contribution in [-0.2, 0) is 0 Å². The van der Waals surface area contributed by atoms with Gasteiger partial charge in [-0.25, -0.2) is 9.97 Å². The van der Waals surface area contributed by atoms with E-state index in [-0.39, 0.29) is 0 Å². The zero-order chi connectivity index (χ0) is 12.5. The highest BCUT2D eigenvalue weighted by atomic mass is 32.1. The van der Waals surface area contributed by atoms with Crippen molar-refractivity contribution in [2.45, 2.75) is 6.92 Å². The molecule has 2 heterocycles. The number of aromatic nitrogens is 2. The molecule has 3 rings (SSSR count). The topological polar surface area (TPSA) is 61.0 Å². The van der Waals surface area contributed by atoms with E-state index in [2.05, 4.69) is 9.97 Å². The van der Waals surface area contributed by atoms with Gasteiger partial charge in [0, 0.05) is 18.3 Å². The smallest absolute Gasteiger partial charge is 0.219 e. The number of pyridine rings is 1. The normalized spacial score (nSPS) is 10.7. The van der Waals surface area contributed by atoms with E-state index in [0.717, 1.165) is 21.5 Å². The number of anilines is 1. The van der Waals surface area contributed by atoms with Gasteiger partial charge in [-0.3, -0.25) is 0 Å². The van der Waals surface area contributed by atoms with Crippen molar-refractivity contribution in [1.29, 1.82) is 0 Å². The molecule has 2 aromatic heterocycles. The molecule has 0 amide bonds. The third-order valence-corrected chi connectivity index (χ3v) is 3.34. The average Bonchev–Trinajstić information content (AvgIpc) is 2.68. The summed E-state index contributed by atoms with van der Waals surface area (Å²) in [5.74, 6) is 1.33. The summed E-state index contributed by atoms with van der Waals surface area (Å²) >= 11 is 1.45. The molecule has 0 aliphatic heterocycles. The van der Waals surface area contributed by atoms with Crippen LogP contribution in [0.2, 0.25) is 0 Å². The molecule has 0 saturated carbocycles. The molecule has 0 bridgehead atoms. The number of nitrogens with zero attached hydrogens (tertiary/aromatic N) is 2. The van der Waals surface area contributed by atoms with Crippen molar-refractivity contribution in [1.82, 2.24) is 9.97 Å². The molecule has 5 heteroatoms. The zero-order valence-corrected chi connectivity index (χ0v) is 10.6. The molecule has 18 heavy (non-hydrogen) atoms. The van der Waals surface area contributed by atoms with Crippen LogP contribution in [0.3, 0.4) is 0 Å². The summed E-state index contributed by atoms with van der Waals surface area (Å²) in [5, 5.41) is 0.566. The quantitative estimate of drug-likeness (QED) is 0.764. The SMILES string of the molecule is Cc1ccnc(Oc2ccc3nc(N)sc3c2)c1. The second kappa shape index (κ2) is 4.27. The van der Waals surface area contributed by atoms with E-state index in [9.17, 15) is 0 Å². The predicted octanol–water partition coefficient (Wildman–Crippen LogP) is 3.37. The third kappa shape index (κ3) is 2.12. The van der Waals surface area contributed by atoms with Crippen LogP contribution in [0.15, 0.2) is 36.5 Å². The molecule has 0 atom stereocenters. The van der Waals surface area contributed by atoms with Gasteiger partial charge in [-0.15, -0.1) is 0 Å². The molecule has 0 fully saturated rings. The molecule has 0 aliphatic rings. The maximum absolute atomic E-state index is 5.70. The fraction of sp³-hybridized carbons (Fsp3) is 0.0769. The van der Waals surface area contributed by atoms with Crippen LogP contribution < -0.4 is 10.5 Å². The van der Waals surface area contributed by atoms with Crippen LogP contribution >= 0.6 is 11.3 Å². The minimum absolute atomic E-state index is 0.566. The van der Waals surface area contributed by atoms with E-state index in [1.807, 2.05) is 37.3 Å². The number of hydrogen-bond acceptors (Lipinski definition) is 5. The van der Waals surface area contributed by atoms with Gasteiger partial charge in [0.15, 0.2) is 5.13 Å². The van der Waals surface area contributed by atoms with E-state index < -0.39 is 0 Å². The Balaban J connectivity index is 1.94. The van der Waals surface area contributed by atoms with Crippen LogP contribution in [0, 0.1) is 6.92 Å². The van der Waals surface area contributed by atoms with Gasteiger partial charge in [0.1, 0.15) is 5.75 Å². The lowest BCUT2D eigenvalue weighted by Crippen LogP contribution is -1.87. The number of rotatable bonds is 2. The largest absolute Gasteiger partial charge is 0.439 e. The Morgan fingerprint density at radius 1 is 1.22 bits per heavy atom. The highest BCUT2D eigenvalue weighted by Crippen LogP contribution is 2.29. The molecule has 0 radical (unpaired) electrons. The molecule has 0 saturated heterocycles. The van der Waals surface area contributed by atoms with Gasteiger partial charge in [0.25, 0.3) is 0 Å². The van der Waals surface area contributed by atoms with Crippen molar-refractivity contribution < 1.29 is 4.74 Å². The van der Waals surface area contributed by atoms with Crippen molar-refractivity contribution >= 4 is 26.7 Å². The number of fused-ring (bicyclic) bond motifs is 1. The summed E-state index contributed by atoms with van der Waals surface area (Å²) in [5.41, 5.74) is 7.67. The Labute approximate surface area is 108 Å². The first-order valence-electron chi connectivity index (χ1n) is 5.47. The maximum atomic E-state index is 5.70. The molecular weight excluding hydrogens is 246 g/mol. The number of nitrogen functional groups attached to an aromatic ring is 1. The molecule has 4 nitrogen and oxygen atoms in total. The predicted molar refractivity (Wildman–Crippen MR) is 73.1 cm³/mol. The number of hydrogen-bond donors (Lipinski definition) is 1. The van der Waals surface area contributed by atoms with Crippen LogP contribution in [0.25, 0.3) is 10.2 Å². The van der Waals surface area contributed by atoms with E-state index in [1.54, 1.807) is 6.20 Å². The fourth-order valence-electron chi connectivity index (χ4n) is 1.67. The summed E-state index contributed by atoms with van der Waals surface area (Å²) in [6, 6.07) is 9.51. The van der Waals surface area contributed by atoms with Gasteiger partial charge in [0.2, 0.25) is 5.88 Å². The third-order valence-electron chi connectivity index (χ3n) is 2.49. The Kier molecular flexibility index (Phi) is 2.60. The van der Waals surface area contributed by atoms with Gasteiger partial charge in [-0.2, -0.15) is 0 Å². The van der Waals surface area contributed by atoms with Crippen LogP contribution in [-0.4, -0.2) is 9.97 Å². The average molecular weight is 257 g/mol. The molecule has 2 N–H and O–H groups in total. The fourth-order valence-corrected chi connectivity index (χ4v) is 2.43.